The third kappa shape index (κ3) is 3.13. The van der Waals surface area contributed by atoms with Crippen molar-refractivity contribution in [3.8, 4) is 5.75 Å². The fraction of sp³-hybridized carbons (Fsp3) is 0.222. The van der Waals surface area contributed by atoms with Gasteiger partial charge in [-0.15, -0.1) is 0 Å². The number of benzene rings is 1. The van der Waals surface area contributed by atoms with E-state index in [1.807, 2.05) is 4.72 Å². The summed E-state index contributed by atoms with van der Waals surface area (Å²) in [5.41, 5.74) is 6.04. The number of ether oxygens (including phenoxy) is 1. The van der Waals surface area contributed by atoms with E-state index in [-0.39, 0.29) is 11.3 Å². The molecule has 0 aliphatic carbocycles. The number of carbonyl (C=O) groups excluding carboxylic acids is 1. The maximum Gasteiger partial charge on any atom is 0.268 e. The molecule has 1 amide bonds. The van der Waals surface area contributed by atoms with E-state index in [1.54, 1.807) is 0 Å². The predicted molar refractivity (Wildman–Crippen MR) is 59.7 cm³/mol. The molecule has 6 nitrogen and oxygen atoms in total. The summed E-state index contributed by atoms with van der Waals surface area (Å²) in [6.07, 6.45) is 0.897. The van der Waals surface area contributed by atoms with Crippen LogP contribution in [0.4, 0.5) is 5.69 Å². The number of nitrogen functional groups attached to an aromatic ring is 1. The smallest absolute Gasteiger partial charge is 0.268 e. The van der Waals surface area contributed by atoms with Crippen molar-refractivity contribution in [3.63, 3.8) is 0 Å². The van der Waals surface area contributed by atoms with Gasteiger partial charge in [0, 0.05) is 11.8 Å². The highest BCUT2D eigenvalue weighted by molar-refractivity contribution is 7.89. The Hall–Kier alpha value is -1.76. The number of hydrogen-bond donors (Lipinski definition) is 2. The lowest BCUT2D eigenvalue weighted by Crippen LogP contribution is -2.29. The zero-order valence-electron chi connectivity index (χ0n) is 8.85. The van der Waals surface area contributed by atoms with Crippen LogP contribution in [-0.2, 0) is 10.0 Å². The van der Waals surface area contributed by atoms with Gasteiger partial charge in [-0.25, -0.2) is 13.1 Å². The molecule has 7 heteroatoms. The first kappa shape index (κ1) is 12.3. The standard InChI is InChI=1S/C9H12N2O4S/c1-15-8-5-6(10)3-4-7(8)9(12)11-16(2,13)14/h3-5H,10H2,1-2H3,(H,11,12). The Morgan fingerprint density at radius 2 is 2.06 bits per heavy atom. The normalized spacial score (nSPS) is 10.9. The summed E-state index contributed by atoms with van der Waals surface area (Å²) in [6, 6.07) is 4.32. The van der Waals surface area contributed by atoms with Crippen LogP contribution in [0.5, 0.6) is 5.75 Å². The second kappa shape index (κ2) is 4.40. The molecule has 0 fully saturated rings. The van der Waals surface area contributed by atoms with Crippen LogP contribution in [0.2, 0.25) is 0 Å². The highest BCUT2D eigenvalue weighted by atomic mass is 32.2. The summed E-state index contributed by atoms with van der Waals surface area (Å²) in [7, 11) is -2.23. The molecule has 0 heterocycles. The summed E-state index contributed by atoms with van der Waals surface area (Å²) in [6.45, 7) is 0. The molecular weight excluding hydrogens is 232 g/mol. The summed E-state index contributed by atoms with van der Waals surface area (Å²) in [4.78, 5) is 11.5. The molecule has 0 spiro atoms. The quantitative estimate of drug-likeness (QED) is 0.727. The van der Waals surface area contributed by atoms with Crippen molar-refractivity contribution in [3.05, 3.63) is 23.8 Å². The van der Waals surface area contributed by atoms with Crippen molar-refractivity contribution in [2.75, 3.05) is 19.1 Å². The molecule has 3 N–H and O–H groups in total. The highest BCUT2D eigenvalue weighted by Crippen LogP contribution is 2.21. The number of hydrogen-bond acceptors (Lipinski definition) is 5. The molecule has 16 heavy (non-hydrogen) atoms. The van der Waals surface area contributed by atoms with Crippen molar-refractivity contribution in [2.45, 2.75) is 0 Å². The molecule has 1 aromatic rings. The van der Waals surface area contributed by atoms with E-state index >= 15 is 0 Å². The largest absolute Gasteiger partial charge is 0.496 e. The number of methoxy groups -OCH3 is 1. The molecule has 0 radical (unpaired) electrons. The van der Waals surface area contributed by atoms with E-state index in [0.717, 1.165) is 6.26 Å². The molecule has 1 rings (SSSR count). The zero-order valence-corrected chi connectivity index (χ0v) is 9.67. The van der Waals surface area contributed by atoms with E-state index in [1.165, 1.54) is 25.3 Å². The van der Waals surface area contributed by atoms with E-state index < -0.39 is 15.9 Å². The minimum Gasteiger partial charge on any atom is -0.496 e. The van der Waals surface area contributed by atoms with Crippen molar-refractivity contribution in [2.24, 2.45) is 0 Å². The Morgan fingerprint density at radius 1 is 1.44 bits per heavy atom. The molecule has 0 atom stereocenters. The summed E-state index contributed by atoms with van der Waals surface area (Å²) < 4.78 is 28.5. The van der Waals surface area contributed by atoms with Gasteiger partial charge in [-0.1, -0.05) is 0 Å². The lowest BCUT2D eigenvalue weighted by molar-refractivity contribution is 0.0979. The average molecular weight is 244 g/mol. The van der Waals surface area contributed by atoms with Crippen molar-refractivity contribution >= 4 is 21.6 Å². The fourth-order valence-electron chi connectivity index (χ4n) is 1.12. The van der Waals surface area contributed by atoms with Crippen LogP contribution in [0.15, 0.2) is 18.2 Å². The molecular formula is C9H12N2O4S. The number of amides is 1. The maximum atomic E-state index is 11.5. The average Bonchev–Trinajstić information content (AvgIpc) is 2.14. The van der Waals surface area contributed by atoms with Gasteiger partial charge in [-0.3, -0.25) is 4.79 Å². The van der Waals surface area contributed by atoms with Crippen LogP contribution >= 0.6 is 0 Å². The monoisotopic (exact) mass is 244 g/mol. The number of sulfonamides is 1. The SMILES string of the molecule is COc1cc(N)ccc1C(=O)NS(C)(=O)=O. The number of nitrogens with one attached hydrogen (secondary N) is 1. The van der Waals surface area contributed by atoms with Crippen LogP contribution in [0.3, 0.4) is 0 Å². The second-order valence-electron chi connectivity index (χ2n) is 3.16. The summed E-state index contributed by atoms with van der Waals surface area (Å²) in [5, 5.41) is 0. The Balaban J connectivity index is 3.09. The van der Waals surface area contributed by atoms with Crippen molar-refractivity contribution in [1.82, 2.24) is 4.72 Å². The third-order valence-electron chi connectivity index (χ3n) is 1.75. The fourth-order valence-corrected chi connectivity index (χ4v) is 1.57. The molecule has 0 aromatic heterocycles. The Labute approximate surface area is 93.5 Å². The van der Waals surface area contributed by atoms with Gasteiger partial charge in [-0.2, -0.15) is 0 Å². The zero-order chi connectivity index (χ0) is 12.3. The number of nitrogens with two attached hydrogens (primary N) is 1. The van der Waals surface area contributed by atoms with Crippen LogP contribution in [-0.4, -0.2) is 27.7 Å². The van der Waals surface area contributed by atoms with Gasteiger partial charge in [0.25, 0.3) is 5.91 Å². The third-order valence-corrected chi connectivity index (χ3v) is 2.30. The molecule has 0 unspecified atom stereocenters. The van der Waals surface area contributed by atoms with Crippen molar-refractivity contribution < 1.29 is 17.9 Å². The van der Waals surface area contributed by atoms with Crippen LogP contribution in [0.1, 0.15) is 10.4 Å². The Bertz CT molecular complexity index is 510. The molecule has 0 aliphatic rings. The molecule has 88 valence electrons. The molecule has 0 saturated carbocycles. The first-order valence-corrected chi connectivity index (χ1v) is 6.18. The summed E-state index contributed by atoms with van der Waals surface area (Å²) in [5.74, 6) is -0.527. The van der Waals surface area contributed by atoms with Gasteiger partial charge >= 0.3 is 0 Å². The molecule has 1 aromatic carbocycles. The summed E-state index contributed by atoms with van der Waals surface area (Å²) >= 11 is 0. The van der Waals surface area contributed by atoms with E-state index in [2.05, 4.69) is 0 Å². The number of rotatable bonds is 3. The number of carbonyl (C=O) groups is 1. The van der Waals surface area contributed by atoms with E-state index in [0.29, 0.717) is 5.69 Å². The van der Waals surface area contributed by atoms with Crippen LogP contribution in [0.25, 0.3) is 0 Å². The predicted octanol–water partition coefficient (Wildman–Crippen LogP) is -0.0332. The minimum atomic E-state index is -3.59. The van der Waals surface area contributed by atoms with Crippen molar-refractivity contribution in [1.29, 1.82) is 0 Å². The van der Waals surface area contributed by atoms with Gasteiger partial charge < -0.3 is 10.5 Å². The van der Waals surface area contributed by atoms with E-state index in [9.17, 15) is 13.2 Å². The highest BCUT2D eigenvalue weighted by Gasteiger charge is 2.15. The first-order valence-electron chi connectivity index (χ1n) is 4.29. The van der Waals surface area contributed by atoms with Gasteiger partial charge in [0.15, 0.2) is 0 Å². The molecule has 0 aliphatic heterocycles. The number of anilines is 1. The Morgan fingerprint density at radius 3 is 2.56 bits per heavy atom. The first-order chi connectivity index (χ1) is 7.33. The van der Waals surface area contributed by atoms with E-state index in [4.69, 9.17) is 10.5 Å². The van der Waals surface area contributed by atoms with Gasteiger partial charge in [0.05, 0.1) is 18.9 Å². The maximum absolute atomic E-state index is 11.5. The van der Waals surface area contributed by atoms with Gasteiger partial charge in [0.2, 0.25) is 10.0 Å². The topological polar surface area (TPSA) is 98.5 Å². The minimum absolute atomic E-state index is 0.113. The molecule has 0 bridgehead atoms. The lowest BCUT2D eigenvalue weighted by Gasteiger charge is -2.08. The van der Waals surface area contributed by atoms with Crippen LogP contribution < -0.4 is 15.2 Å². The molecule has 0 saturated heterocycles. The Kier molecular flexibility index (Phi) is 3.38. The second-order valence-corrected chi connectivity index (χ2v) is 4.91. The van der Waals surface area contributed by atoms with Gasteiger partial charge in [0.1, 0.15) is 5.75 Å². The van der Waals surface area contributed by atoms with Gasteiger partial charge in [-0.05, 0) is 12.1 Å². The lowest BCUT2D eigenvalue weighted by atomic mass is 10.2. The van der Waals surface area contributed by atoms with Crippen LogP contribution in [0, 0.1) is 0 Å².